The van der Waals surface area contributed by atoms with Crippen LogP contribution in [-0.2, 0) is 6.61 Å². The third-order valence-electron chi connectivity index (χ3n) is 4.96. The average molecular weight is 310 g/mol. The molecule has 4 nitrogen and oxygen atoms in total. The Morgan fingerprint density at radius 2 is 1.74 bits per heavy atom. The number of ether oxygens (including phenoxy) is 1. The predicted octanol–water partition coefficient (Wildman–Crippen LogP) is 2.96. The minimum Gasteiger partial charge on any atom is -0.487 e. The Kier molecular flexibility index (Phi) is 3.71. The van der Waals surface area contributed by atoms with Gasteiger partial charge in [-0.2, -0.15) is 0 Å². The van der Waals surface area contributed by atoms with Crippen LogP contribution in [0.2, 0.25) is 0 Å². The molecule has 0 saturated heterocycles. The van der Waals surface area contributed by atoms with Crippen molar-refractivity contribution in [2.75, 3.05) is 4.90 Å². The molecule has 2 aromatic carbocycles. The topological polar surface area (TPSA) is 58.7 Å². The fraction of sp³-hybridized carbons (Fsp3) is 0.368. The van der Waals surface area contributed by atoms with Gasteiger partial charge in [-0.25, -0.2) is 0 Å². The smallest absolute Gasteiger partial charge is 0.143 e. The molecule has 0 spiro atoms. The number of nitrogens with two attached hydrogens (primary N) is 1. The first-order valence-electron chi connectivity index (χ1n) is 8.28. The van der Waals surface area contributed by atoms with Gasteiger partial charge in [0.25, 0.3) is 0 Å². The average Bonchev–Trinajstić information content (AvgIpc) is 2.75. The lowest BCUT2D eigenvalue weighted by atomic mass is 9.86. The molecule has 3 atom stereocenters. The van der Waals surface area contributed by atoms with Crippen molar-refractivity contribution in [3.05, 3.63) is 54.1 Å². The number of hydrogen-bond donors (Lipinski definition) is 2. The van der Waals surface area contributed by atoms with Crippen molar-refractivity contribution >= 4 is 11.4 Å². The van der Waals surface area contributed by atoms with Crippen LogP contribution >= 0.6 is 0 Å². The number of benzene rings is 2. The fourth-order valence-corrected chi connectivity index (χ4v) is 3.76. The van der Waals surface area contributed by atoms with Gasteiger partial charge in [0.2, 0.25) is 0 Å². The molecule has 4 heteroatoms. The fourth-order valence-electron chi connectivity index (χ4n) is 3.76. The molecule has 1 saturated carbocycles. The first-order valence-corrected chi connectivity index (χ1v) is 8.28. The predicted molar refractivity (Wildman–Crippen MR) is 91.0 cm³/mol. The van der Waals surface area contributed by atoms with E-state index >= 15 is 0 Å². The van der Waals surface area contributed by atoms with E-state index in [4.69, 9.17) is 10.5 Å². The molecular formula is C19H22N2O2. The minimum absolute atomic E-state index is 0.0252. The second kappa shape index (κ2) is 5.87. The summed E-state index contributed by atoms with van der Waals surface area (Å²) < 4.78 is 6.00. The van der Waals surface area contributed by atoms with Gasteiger partial charge in [0.15, 0.2) is 0 Å². The summed E-state index contributed by atoms with van der Waals surface area (Å²) in [4.78, 5) is 2.24. The normalized spacial score (nSPS) is 26.7. The van der Waals surface area contributed by atoms with Crippen LogP contribution in [0.25, 0.3) is 0 Å². The van der Waals surface area contributed by atoms with Crippen molar-refractivity contribution in [3.63, 3.8) is 0 Å². The minimum atomic E-state index is -0.539. The van der Waals surface area contributed by atoms with Gasteiger partial charge in [-0.15, -0.1) is 0 Å². The van der Waals surface area contributed by atoms with E-state index in [1.54, 1.807) is 0 Å². The van der Waals surface area contributed by atoms with Crippen LogP contribution in [-0.4, -0.2) is 23.3 Å². The van der Waals surface area contributed by atoms with Gasteiger partial charge in [-0.05, 0) is 37.5 Å². The number of hydrogen-bond acceptors (Lipinski definition) is 4. The van der Waals surface area contributed by atoms with Crippen LogP contribution < -0.4 is 15.4 Å². The number of nitrogens with zero attached hydrogens (tertiary/aromatic N) is 1. The molecule has 1 aliphatic heterocycles. The maximum Gasteiger partial charge on any atom is 0.143 e. The quantitative estimate of drug-likeness (QED) is 0.850. The molecule has 120 valence electrons. The molecule has 2 aliphatic rings. The summed E-state index contributed by atoms with van der Waals surface area (Å²) in [5.74, 6) is 0.857. The Labute approximate surface area is 136 Å². The van der Waals surface area contributed by atoms with Crippen molar-refractivity contribution in [1.82, 2.24) is 0 Å². The van der Waals surface area contributed by atoms with E-state index in [2.05, 4.69) is 23.1 Å². The Morgan fingerprint density at radius 1 is 1.00 bits per heavy atom. The Hall–Kier alpha value is -2.04. The van der Waals surface area contributed by atoms with Crippen molar-refractivity contribution in [2.24, 2.45) is 5.73 Å². The summed E-state index contributed by atoms with van der Waals surface area (Å²) in [6.45, 7) is 0.540. The lowest BCUT2D eigenvalue weighted by Crippen LogP contribution is -2.53. The van der Waals surface area contributed by atoms with Gasteiger partial charge in [0, 0.05) is 17.3 Å². The van der Waals surface area contributed by atoms with Crippen LogP contribution in [0.4, 0.5) is 11.4 Å². The number of fused-ring (bicyclic) bond motifs is 2. The van der Waals surface area contributed by atoms with Gasteiger partial charge < -0.3 is 20.5 Å². The lowest BCUT2D eigenvalue weighted by Gasteiger charge is -2.41. The standard InChI is InChI=1S/C19H22N2O2/c20-14-7-5-10-17(19(14)22)21-15-8-2-1-6-13(15)12-23-18-11-4-3-9-16(18)21/h1-4,6,8-9,11,14,17,19,22H,5,7,10,12,20H2/t14-,17?,19+/m1/s1. The summed E-state index contributed by atoms with van der Waals surface area (Å²) in [7, 11) is 0. The Morgan fingerprint density at radius 3 is 2.61 bits per heavy atom. The van der Waals surface area contributed by atoms with E-state index in [9.17, 15) is 5.11 Å². The molecule has 1 aliphatic carbocycles. The molecular weight excluding hydrogens is 288 g/mol. The zero-order valence-corrected chi connectivity index (χ0v) is 13.1. The largest absolute Gasteiger partial charge is 0.487 e. The zero-order chi connectivity index (χ0) is 15.8. The molecule has 0 bridgehead atoms. The summed E-state index contributed by atoms with van der Waals surface area (Å²) in [6, 6.07) is 16.1. The van der Waals surface area contributed by atoms with Gasteiger partial charge in [-0.1, -0.05) is 30.3 Å². The highest BCUT2D eigenvalue weighted by Gasteiger charge is 2.37. The van der Waals surface area contributed by atoms with Crippen molar-refractivity contribution in [1.29, 1.82) is 0 Å². The monoisotopic (exact) mass is 310 g/mol. The van der Waals surface area contributed by atoms with E-state index in [0.717, 1.165) is 42.0 Å². The third-order valence-corrected chi connectivity index (χ3v) is 4.96. The molecule has 1 unspecified atom stereocenters. The number of aliphatic hydroxyl groups excluding tert-OH is 1. The van der Waals surface area contributed by atoms with Crippen molar-refractivity contribution in [2.45, 2.75) is 44.1 Å². The summed E-state index contributed by atoms with van der Waals surface area (Å²) in [6.07, 6.45) is 2.30. The molecule has 3 N–H and O–H groups in total. The van der Waals surface area contributed by atoms with Crippen LogP contribution in [0.3, 0.4) is 0 Å². The van der Waals surface area contributed by atoms with E-state index in [1.807, 2.05) is 30.3 Å². The van der Waals surface area contributed by atoms with Crippen molar-refractivity contribution < 1.29 is 9.84 Å². The molecule has 1 heterocycles. The highest BCUT2D eigenvalue weighted by molar-refractivity contribution is 5.73. The Balaban J connectivity index is 1.86. The van der Waals surface area contributed by atoms with E-state index < -0.39 is 6.10 Å². The molecule has 4 rings (SSSR count). The molecule has 2 aromatic rings. The van der Waals surface area contributed by atoms with Gasteiger partial charge in [0.1, 0.15) is 12.4 Å². The molecule has 23 heavy (non-hydrogen) atoms. The zero-order valence-electron chi connectivity index (χ0n) is 13.1. The van der Waals surface area contributed by atoms with Crippen molar-refractivity contribution in [3.8, 4) is 5.75 Å². The van der Waals surface area contributed by atoms with Crippen LogP contribution in [0.1, 0.15) is 24.8 Å². The van der Waals surface area contributed by atoms with E-state index in [-0.39, 0.29) is 12.1 Å². The van der Waals surface area contributed by atoms with Crippen LogP contribution in [0, 0.1) is 0 Å². The highest BCUT2D eigenvalue weighted by Crippen LogP contribution is 2.43. The molecule has 0 radical (unpaired) electrons. The SMILES string of the molecule is N[C@@H]1CCCC(N2c3ccccc3COc3ccccc32)[C@H]1O. The Bertz CT molecular complexity index is 656. The first kappa shape index (κ1) is 14.5. The van der Waals surface area contributed by atoms with Gasteiger partial charge >= 0.3 is 0 Å². The summed E-state index contributed by atoms with van der Waals surface area (Å²) in [5.41, 5.74) is 9.40. The highest BCUT2D eigenvalue weighted by atomic mass is 16.5. The van der Waals surface area contributed by atoms with Gasteiger partial charge in [-0.3, -0.25) is 0 Å². The number of aliphatic hydroxyl groups is 1. The molecule has 1 fully saturated rings. The number of para-hydroxylation sites is 3. The maximum absolute atomic E-state index is 10.7. The van der Waals surface area contributed by atoms with Gasteiger partial charge in [0.05, 0.1) is 17.8 Å². The third kappa shape index (κ3) is 2.48. The second-order valence-electron chi connectivity index (χ2n) is 6.41. The van der Waals surface area contributed by atoms with E-state index in [0.29, 0.717) is 6.61 Å². The maximum atomic E-state index is 10.7. The number of anilines is 2. The molecule has 0 amide bonds. The molecule has 0 aromatic heterocycles. The lowest BCUT2D eigenvalue weighted by molar-refractivity contribution is 0.0878. The first-order chi connectivity index (χ1) is 11.3. The van der Waals surface area contributed by atoms with E-state index in [1.165, 1.54) is 0 Å². The summed E-state index contributed by atoms with van der Waals surface area (Å²) in [5, 5.41) is 10.7. The summed E-state index contributed by atoms with van der Waals surface area (Å²) >= 11 is 0. The second-order valence-corrected chi connectivity index (χ2v) is 6.41. The number of rotatable bonds is 1. The van der Waals surface area contributed by atoms with Crippen LogP contribution in [0.15, 0.2) is 48.5 Å². The van der Waals surface area contributed by atoms with Crippen LogP contribution in [0.5, 0.6) is 5.75 Å².